The van der Waals surface area contributed by atoms with E-state index < -0.39 is 0 Å². The Labute approximate surface area is 112 Å². The lowest BCUT2D eigenvalue weighted by atomic mass is 10.0. The molecule has 0 spiro atoms. The van der Waals surface area contributed by atoms with Crippen LogP contribution in [0.5, 0.6) is 0 Å². The highest BCUT2D eigenvalue weighted by atomic mass is 32.2. The summed E-state index contributed by atoms with van der Waals surface area (Å²) in [5, 5.41) is 3.39. The fourth-order valence-electron chi connectivity index (χ4n) is 2.08. The highest BCUT2D eigenvalue weighted by molar-refractivity contribution is 7.99. The molecule has 1 aromatic rings. The quantitative estimate of drug-likeness (QED) is 0.891. The fourth-order valence-corrected chi connectivity index (χ4v) is 2.98. The minimum atomic E-state index is -0.259. The summed E-state index contributed by atoms with van der Waals surface area (Å²) in [5.74, 6) is 1.67. The second kappa shape index (κ2) is 7.07. The molecule has 1 fully saturated rings. The molecule has 1 aromatic heterocycles. The topological polar surface area (TPSA) is 34.2 Å². The molecule has 0 aliphatic carbocycles. The number of aromatic nitrogens is 1. The summed E-state index contributed by atoms with van der Waals surface area (Å²) in [6, 6.07) is 1.66. The lowest BCUT2D eigenvalue weighted by Crippen LogP contribution is -2.39. The van der Waals surface area contributed by atoms with Gasteiger partial charge < -0.3 is 10.1 Å². The Morgan fingerprint density at radius 2 is 2.56 bits per heavy atom. The molecule has 1 aliphatic rings. The molecule has 2 heterocycles. The highest BCUT2D eigenvalue weighted by Crippen LogP contribution is 2.26. The molecular weight excluding hydrogens is 251 g/mol. The summed E-state index contributed by atoms with van der Waals surface area (Å²) in [6.45, 7) is 3.70. The molecule has 0 amide bonds. The van der Waals surface area contributed by atoms with E-state index in [2.05, 4.69) is 17.2 Å². The van der Waals surface area contributed by atoms with Crippen LogP contribution in [0.1, 0.15) is 24.9 Å². The van der Waals surface area contributed by atoms with E-state index in [0.717, 1.165) is 31.1 Å². The minimum Gasteiger partial charge on any atom is -0.375 e. The average molecular weight is 270 g/mol. The summed E-state index contributed by atoms with van der Waals surface area (Å²) in [6.07, 6.45) is 3.96. The van der Waals surface area contributed by atoms with E-state index in [4.69, 9.17) is 4.74 Å². The lowest BCUT2D eigenvalue weighted by Gasteiger charge is -2.31. The first-order chi connectivity index (χ1) is 8.83. The van der Waals surface area contributed by atoms with Crippen molar-refractivity contribution in [2.45, 2.75) is 25.5 Å². The van der Waals surface area contributed by atoms with Gasteiger partial charge in [-0.3, -0.25) is 4.98 Å². The first-order valence-electron chi connectivity index (χ1n) is 6.35. The van der Waals surface area contributed by atoms with Gasteiger partial charge in [0.2, 0.25) is 0 Å². The molecule has 0 saturated carbocycles. The van der Waals surface area contributed by atoms with Crippen molar-refractivity contribution in [2.24, 2.45) is 0 Å². The van der Waals surface area contributed by atoms with E-state index in [-0.39, 0.29) is 18.0 Å². The zero-order chi connectivity index (χ0) is 12.8. The maximum absolute atomic E-state index is 13.9. The van der Waals surface area contributed by atoms with Crippen molar-refractivity contribution in [3.8, 4) is 0 Å². The van der Waals surface area contributed by atoms with Crippen LogP contribution in [0.15, 0.2) is 18.5 Å². The van der Waals surface area contributed by atoms with Gasteiger partial charge in [-0.05, 0) is 19.0 Å². The van der Waals surface area contributed by atoms with Crippen molar-refractivity contribution in [3.05, 3.63) is 29.8 Å². The van der Waals surface area contributed by atoms with Crippen LogP contribution in [0, 0.1) is 5.82 Å². The van der Waals surface area contributed by atoms with Gasteiger partial charge in [-0.1, -0.05) is 6.92 Å². The van der Waals surface area contributed by atoms with Crippen LogP contribution in [0.2, 0.25) is 0 Å². The second-order valence-corrected chi connectivity index (χ2v) is 5.46. The highest BCUT2D eigenvalue weighted by Gasteiger charge is 2.27. The molecule has 1 N–H and O–H groups in total. The van der Waals surface area contributed by atoms with Crippen LogP contribution in [0.25, 0.3) is 0 Å². The van der Waals surface area contributed by atoms with Gasteiger partial charge in [0.15, 0.2) is 0 Å². The predicted molar refractivity (Wildman–Crippen MR) is 72.3 cm³/mol. The number of rotatable bonds is 5. The van der Waals surface area contributed by atoms with Crippen molar-refractivity contribution in [2.75, 3.05) is 24.7 Å². The Balaban J connectivity index is 2.15. The third kappa shape index (κ3) is 3.43. The number of ether oxygens (including phenoxy) is 1. The summed E-state index contributed by atoms with van der Waals surface area (Å²) in [5.41, 5.74) is 0.658. The minimum absolute atomic E-state index is 0.0344. The third-order valence-corrected chi connectivity index (χ3v) is 3.99. The first-order valence-corrected chi connectivity index (χ1v) is 7.50. The lowest BCUT2D eigenvalue weighted by molar-refractivity contribution is 0.0458. The third-order valence-electron chi connectivity index (χ3n) is 2.97. The standard InChI is InChI=1S/C13H19FN2OS/c1-2-4-16-13(12-9-18-7-6-17-12)10-3-5-15-8-11(10)14/h3,5,8,12-13,16H,2,4,6-7,9H2,1H3. The zero-order valence-corrected chi connectivity index (χ0v) is 11.4. The van der Waals surface area contributed by atoms with Gasteiger partial charge in [0.05, 0.1) is 24.9 Å². The molecule has 3 nitrogen and oxygen atoms in total. The first kappa shape index (κ1) is 13.8. The fraction of sp³-hybridized carbons (Fsp3) is 0.615. The summed E-state index contributed by atoms with van der Waals surface area (Å²) >= 11 is 1.86. The van der Waals surface area contributed by atoms with Crippen molar-refractivity contribution in [1.82, 2.24) is 10.3 Å². The van der Waals surface area contributed by atoms with Crippen LogP contribution in [-0.2, 0) is 4.74 Å². The van der Waals surface area contributed by atoms with Crippen LogP contribution in [-0.4, -0.2) is 35.7 Å². The van der Waals surface area contributed by atoms with Crippen LogP contribution in [0.3, 0.4) is 0 Å². The molecule has 2 rings (SSSR count). The summed E-state index contributed by atoms with van der Waals surface area (Å²) < 4.78 is 19.6. The van der Waals surface area contributed by atoms with E-state index in [1.807, 2.05) is 11.8 Å². The summed E-state index contributed by atoms with van der Waals surface area (Å²) in [4.78, 5) is 3.80. The van der Waals surface area contributed by atoms with Gasteiger partial charge in [-0.25, -0.2) is 4.39 Å². The number of thioether (sulfide) groups is 1. The maximum atomic E-state index is 13.9. The molecule has 1 saturated heterocycles. The monoisotopic (exact) mass is 270 g/mol. The number of nitrogens with zero attached hydrogens (tertiary/aromatic N) is 1. The van der Waals surface area contributed by atoms with Gasteiger partial charge in [-0.15, -0.1) is 0 Å². The molecule has 2 unspecified atom stereocenters. The van der Waals surface area contributed by atoms with Gasteiger partial charge in [0.1, 0.15) is 5.82 Å². The SMILES string of the molecule is CCCNC(c1ccncc1F)C1CSCCO1. The number of hydrogen-bond donors (Lipinski definition) is 1. The van der Waals surface area contributed by atoms with Crippen LogP contribution >= 0.6 is 11.8 Å². The molecule has 0 radical (unpaired) electrons. The maximum Gasteiger partial charge on any atom is 0.146 e. The predicted octanol–water partition coefficient (Wildman–Crippen LogP) is 2.39. The van der Waals surface area contributed by atoms with Crippen molar-refractivity contribution in [1.29, 1.82) is 0 Å². The second-order valence-electron chi connectivity index (χ2n) is 4.31. The summed E-state index contributed by atoms with van der Waals surface area (Å²) in [7, 11) is 0. The zero-order valence-electron chi connectivity index (χ0n) is 10.6. The number of hydrogen-bond acceptors (Lipinski definition) is 4. The van der Waals surface area contributed by atoms with Gasteiger partial charge in [0.25, 0.3) is 0 Å². The largest absolute Gasteiger partial charge is 0.375 e. The van der Waals surface area contributed by atoms with Crippen molar-refractivity contribution >= 4 is 11.8 Å². The van der Waals surface area contributed by atoms with E-state index >= 15 is 0 Å². The van der Waals surface area contributed by atoms with E-state index in [1.54, 1.807) is 12.3 Å². The number of halogens is 1. The number of pyridine rings is 1. The van der Waals surface area contributed by atoms with E-state index in [9.17, 15) is 4.39 Å². The Morgan fingerprint density at radius 3 is 3.22 bits per heavy atom. The number of nitrogens with one attached hydrogen (secondary N) is 1. The van der Waals surface area contributed by atoms with Crippen LogP contribution in [0.4, 0.5) is 4.39 Å². The molecule has 100 valence electrons. The molecule has 2 atom stereocenters. The van der Waals surface area contributed by atoms with Crippen molar-refractivity contribution < 1.29 is 9.13 Å². The van der Waals surface area contributed by atoms with Crippen molar-refractivity contribution in [3.63, 3.8) is 0 Å². The van der Waals surface area contributed by atoms with E-state index in [1.165, 1.54) is 6.20 Å². The molecule has 1 aliphatic heterocycles. The van der Waals surface area contributed by atoms with Gasteiger partial charge >= 0.3 is 0 Å². The molecule has 0 aromatic carbocycles. The van der Waals surface area contributed by atoms with Gasteiger partial charge in [0, 0.05) is 23.3 Å². The molecular formula is C13H19FN2OS. The molecule has 0 bridgehead atoms. The molecule has 5 heteroatoms. The van der Waals surface area contributed by atoms with Gasteiger partial charge in [-0.2, -0.15) is 11.8 Å². The Hall–Kier alpha value is -0.650. The Morgan fingerprint density at radius 1 is 1.67 bits per heavy atom. The Bertz CT molecular complexity index is 372. The smallest absolute Gasteiger partial charge is 0.146 e. The average Bonchev–Trinajstić information content (AvgIpc) is 2.42. The van der Waals surface area contributed by atoms with Crippen LogP contribution < -0.4 is 5.32 Å². The normalized spacial score (nSPS) is 21.8. The molecule has 18 heavy (non-hydrogen) atoms. The van der Waals surface area contributed by atoms with E-state index in [0.29, 0.717) is 5.56 Å². The Kier molecular flexibility index (Phi) is 5.41.